The fourth-order valence-electron chi connectivity index (χ4n) is 3.89. The number of hydrogen-bond donors (Lipinski definition) is 1. The molecule has 0 radical (unpaired) electrons. The number of ether oxygens (including phenoxy) is 3. The zero-order valence-corrected chi connectivity index (χ0v) is 24.6. The molecule has 11 heteroatoms. The largest absolute Gasteiger partial charge is 0.494 e. The summed E-state index contributed by atoms with van der Waals surface area (Å²) in [4.78, 5) is 12.9. The monoisotopic (exact) mass is 607 g/mol. The van der Waals surface area contributed by atoms with Gasteiger partial charge >= 0.3 is 0 Å². The molecule has 0 aliphatic heterocycles. The van der Waals surface area contributed by atoms with Crippen molar-refractivity contribution in [1.82, 2.24) is 5.43 Å². The van der Waals surface area contributed by atoms with Crippen LogP contribution in [0.3, 0.4) is 0 Å². The van der Waals surface area contributed by atoms with Gasteiger partial charge in [-0.1, -0.05) is 41.9 Å². The summed E-state index contributed by atoms with van der Waals surface area (Å²) in [7, 11) is -2.59. The quantitative estimate of drug-likeness (QED) is 0.155. The number of nitrogens with zero attached hydrogens (tertiary/aromatic N) is 2. The van der Waals surface area contributed by atoms with E-state index in [1.165, 1.54) is 37.6 Å². The van der Waals surface area contributed by atoms with E-state index in [-0.39, 0.29) is 10.6 Å². The van der Waals surface area contributed by atoms with Crippen molar-refractivity contribution in [2.24, 2.45) is 5.10 Å². The molecule has 218 valence electrons. The number of sulfonamides is 1. The summed E-state index contributed by atoms with van der Waals surface area (Å²) in [5.74, 6) is 0.983. The van der Waals surface area contributed by atoms with Crippen molar-refractivity contribution < 1.29 is 27.4 Å². The third kappa shape index (κ3) is 8.02. The van der Waals surface area contributed by atoms with Crippen LogP contribution in [0.4, 0.5) is 5.69 Å². The van der Waals surface area contributed by atoms with E-state index in [2.05, 4.69) is 10.5 Å². The smallest absolute Gasteiger partial charge is 0.264 e. The van der Waals surface area contributed by atoms with Crippen molar-refractivity contribution in [3.8, 4) is 17.2 Å². The van der Waals surface area contributed by atoms with Crippen LogP contribution in [0.25, 0.3) is 0 Å². The Kier molecular flexibility index (Phi) is 10.4. The highest BCUT2D eigenvalue weighted by molar-refractivity contribution is 7.92. The summed E-state index contributed by atoms with van der Waals surface area (Å²) in [5, 5.41) is 4.40. The van der Waals surface area contributed by atoms with E-state index in [1.54, 1.807) is 42.5 Å². The minimum atomic E-state index is -4.12. The Hall–Kier alpha value is -4.54. The van der Waals surface area contributed by atoms with Gasteiger partial charge in [-0.2, -0.15) is 5.10 Å². The van der Waals surface area contributed by atoms with Gasteiger partial charge in [0.15, 0.2) is 11.5 Å². The first-order chi connectivity index (χ1) is 20.3. The predicted octanol–water partition coefficient (Wildman–Crippen LogP) is 5.67. The van der Waals surface area contributed by atoms with Gasteiger partial charge in [-0.25, -0.2) is 13.8 Å². The van der Waals surface area contributed by atoms with Gasteiger partial charge in [0.25, 0.3) is 15.9 Å². The molecule has 4 rings (SSSR count). The predicted molar refractivity (Wildman–Crippen MR) is 163 cm³/mol. The molecular weight excluding hydrogens is 578 g/mol. The fraction of sp³-hybridized carbons (Fsp3) is 0.161. The molecule has 0 aliphatic carbocycles. The van der Waals surface area contributed by atoms with Crippen LogP contribution in [-0.4, -0.2) is 40.8 Å². The van der Waals surface area contributed by atoms with E-state index in [1.807, 2.05) is 37.3 Å². The second-order valence-corrected chi connectivity index (χ2v) is 11.2. The number of anilines is 1. The van der Waals surface area contributed by atoms with Crippen LogP contribution in [0, 0.1) is 0 Å². The zero-order valence-electron chi connectivity index (χ0n) is 23.1. The highest BCUT2D eigenvalue weighted by Crippen LogP contribution is 2.29. The Bertz CT molecular complexity index is 1610. The third-order valence-corrected chi connectivity index (χ3v) is 7.99. The summed E-state index contributed by atoms with van der Waals surface area (Å²) in [6.45, 7) is 2.17. The van der Waals surface area contributed by atoms with Crippen molar-refractivity contribution in [2.75, 3.05) is 24.6 Å². The molecule has 1 N–H and O–H groups in total. The standard InChI is InChI=1S/C31H30ClN3O6S/c1-3-40-27-14-12-26(13-15-27)35(42(37,38)28-16-10-25(32)11-17-28)21-31(36)34-33-20-24-9-18-29(30(19-24)39-2)41-22-23-7-5-4-6-8-23/h4-20H,3,21-22H2,1-2H3,(H,34,36)/b33-20-. The SMILES string of the molecule is CCOc1ccc(N(CC(=O)N/N=C\c2ccc(OCc3ccccc3)c(OC)c2)S(=O)(=O)c2ccc(Cl)cc2)cc1. The molecule has 4 aromatic rings. The molecule has 42 heavy (non-hydrogen) atoms. The molecule has 0 heterocycles. The molecule has 0 aliphatic rings. The van der Waals surface area contributed by atoms with Crippen LogP contribution in [0.15, 0.2) is 107 Å². The van der Waals surface area contributed by atoms with E-state index >= 15 is 0 Å². The average molecular weight is 608 g/mol. The van der Waals surface area contributed by atoms with E-state index in [0.717, 1.165) is 9.87 Å². The van der Waals surface area contributed by atoms with Crippen LogP contribution in [0.5, 0.6) is 17.2 Å². The van der Waals surface area contributed by atoms with Gasteiger partial charge in [0.1, 0.15) is 18.9 Å². The summed E-state index contributed by atoms with van der Waals surface area (Å²) in [5.41, 5.74) is 4.34. The highest BCUT2D eigenvalue weighted by Gasteiger charge is 2.27. The minimum Gasteiger partial charge on any atom is -0.494 e. The lowest BCUT2D eigenvalue weighted by atomic mass is 10.2. The van der Waals surface area contributed by atoms with Crippen molar-refractivity contribution in [3.05, 3.63) is 113 Å². The molecule has 1 amide bonds. The van der Waals surface area contributed by atoms with Crippen LogP contribution >= 0.6 is 11.6 Å². The number of nitrogens with one attached hydrogen (secondary N) is 1. The Balaban J connectivity index is 1.47. The zero-order chi connectivity index (χ0) is 30.0. The van der Waals surface area contributed by atoms with Crippen LogP contribution in [-0.2, 0) is 21.4 Å². The van der Waals surface area contributed by atoms with E-state index in [4.69, 9.17) is 25.8 Å². The molecule has 0 bridgehead atoms. The van der Waals surface area contributed by atoms with Gasteiger partial charge in [-0.05, 0) is 84.8 Å². The van der Waals surface area contributed by atoms with Gasteiger partial charge in [0.05, 0.1) is 30.5 Å². The first kappa shape index (κ1) is 30.4. The average Bonchev–Trinajstić information content (AvgIpc) is 3.00. The number of amides is 1. The molecule has 0 atom stereocenters. The fourth-order valence-corrected chi connectivity index (χ4v) is 5.43. The topological polar surface area (TPSA) is 107 Å². The minimum absolute atomic E-state index is 0.0150. The molecule has 0 spiro atoms. The summed E-state index contributed by atoms with van der Waals surface area (Å²) >= 11 is 5.95. The first-order valence-electron chi connectivity index (χ1n) is 13.0. The van der Waals surface area contributed by atoms with Gasteiger partial charge < -0.3 is 14.2 Å². The maximum Gasteiger partial charge on any atom is 0.264 e. The first-order valence-corrected chi connectivity index (χ1v) is 14.8. The van der Waals surface area contributed by atoms with Crippen molar-refractivity contribution in [2.45, 2.75) is 18.4 Å². The van der Waals surface area contributed by atoms with E-state index < -0.39 is 22.5 Å². The summed E-state index contributed by atoms with van der Waals surface area (Å²) < 4.78 is 44.9. The molecular formula is C31H30ClN3O6S. The van der Waals surface area contributed by atoms with E-state index in [9.17, 15) is 13.2 Å². The number of hydrazone groups is 1. The van der Waals surface area contributed by atoms with Gasteiger partial charge in [0, 0.05) is 5.02 Å². The number of carbonyl (C=O) groups excluding carboxylic acids is 1. The number of rotatable bonds is 13. The maximum absolute atomic E-state index is 13.5. The molecule has 0 unspecified atom stereocenters. The van der Waals surface area contributed by atoms with Crippen LogP contribution < -0.4 is 23.9 Å². The number of hydrogen-bond acceptors (Lipinski definition) is 7. The molecule has 0 aromatic heterocycles. The van der Waals surface area contributed by atoms with Crippen molar-refractivity contribution in [3.63, 3.8) is 0 Å². The normalized spacial score (nSPS) is 11.2. The lowest BCUT2D eigenvalue weighted by Crippen LogP contribution is -2.39. The Labute approximate surface area is 250 Å². The lowest BCUT2D eigenvalue weighted by Gasteiger charge is -2.24. The Morgan fingerprint density at radius 2 is 1.64 bits per heavy atom. The maximum atomic E-state index is 13.5. The number of halogens is 1. The van der Waals surface area contributed by atoms with E-state index in [0.29, 0.717) is 41.0 Å². The Morgan fingerprint density at radius 1 is 0.929 bits per heavy atom. The van der Waals surface area contributed by atoms with Gasteiger partial charge in [0.2, 0.25) is 0 Å². The second kappa shape index (κ2) is 14.4. The summed E-state index contributed by atoms with van der Waals surface area (Å²) in [6.07, 6.45) is 1.43. The van der Waals surface area contributed by atoms with Crippen molar-refractivity contribution in [1.29, 1.82) is 0 Å². The summed E-state index contributed by atoms with van der Waals surface area (Å²) in [6, 6.07) is 27.1. The third-order valence-electron chi connectivity index (χ3n) is 5.95. The number of benzene rings is 4. The van der Waals surface area contributed by atoms with Crippen LogP contribution in [0.2, 0.25) is 5.02 Å². The van der Waals surface area contributed by atoms with Gasteiger partial charge in [-0.3, -0.25) is 9.10 Å². The molecule has 0 fully saturated rings. The molecule has 4 aromatic carbocycles. The highest BCUT2D eigenvalue weighted by atomic mass is 35.5. The second-order valence-electron chi connectivity index (χ2n) is 8.87. The van der Waals surface area contributed by atoms with Gasteiger partial charge in [-0.15, -0.1) is 0 Å². The number of methoxy groups -OCH3 is 1. The number of carbonyl (C=O) groups is 1. The molecule has 9 nitrogen and oxygen atoms in total. The Morgan fingerprint density at radius 3 is 2.31 bits per heavy atom. The lowest BCUT2D eigenvalue weighted by molar-refractivity contribution is -0.119. The van der Waals surface area contributed by atoms with Crippen molar-refractivity contribution >= 4 is 39.4 Å². The molecule has 0 saturated heterocycles. The van der Waals surface area contributed by atoms with Crippen LogP contribution in [0.1, 0.15) is 18.1 Å². The molecule has 0 saturated carbocycles.